The highest BCUT2D eigenvalue weighted by molar-refractivity contribution is 5.89. The van der Waals surface area contributed by atoms with Crippen molar-refractivity contribution >= 4 is 11.8 Å². The molecule has 0 saturated carbocycles. The van der Waals surface area contributed by atoms with Gasteiger partial charge in [-0.2, -0.15) is 0 Å². The number of aryl methyl sites for hydroxylation is 1. The van der Waals surface area contributed by atoms with Crippen LogP contribution in [0, 0.1) is 6.92 Å². The highest BCUT2D eigenvalue weighted by atomic mass is 16.2. The lowest BCUT2D eigenvalue weighted by atomic mass is 10.1. The maximum atomic E-state index is 12.7. The lowest BCUT2D eigenvalue weighted by Gasteiger charge is -2.39. The van der Waals surface area contributed by atoms with Crippen LogP contribution in [0.2, 0.25) is 0 Å². The summed E-state index contributed by atoms with van der Waals surface area (Å²) < 4.78 is 0. The first-order valence-electron chi connectivity index (χ1n) is 8.57. The summed E-state index contributed by atoms with van der Waals surface area (Å²) in [6.45, 7) is 5.58. The molecule has 1 aliphatic rings. The molecule has 5 nitrogen and oxygen atoms in total. The third-order valence-corrected chi connectivity index (χ3v) is 4.60. The van der Waals surface area contributed by atoms with Gasteiger partial charge >= 0.3 is 0 Å². The topological polar surface area (TPSA) is 53.5 Å². The Morgan fingerprint density at radius 1 is 1.20 bits per heavy atom. The van der Waals surface area contributed by atoms with Crippen LogP contribution in [0.15, 0.2) is 48.8 Å². The first-order chi connectivity index (χ1) is 12.0. The van der Waals surface area contributed by atoms with Crippen LogP contribution in [0.25, 0.3) is 0 Å². The van der Waals surface area contributed by atoms with Gasteiger partial charge in [-0.05, 0) is 31.0 Å². The summed E-state index contributed by atoms with van der Waals surface area (Å²) in [7, 11) is 0. The fraction of sp³-hybridized carbons (Fsp3) is 0.350. The number of hydrogen-bond acceptors (Lipinski definition) is 3. The molecule has 0 aliphatic carbocycles. The quantitative estimate of drug-likeness (QED) is 0.859. The van der Waals surface area contributed by atoms with E-state index >= 15 is 0 Å². The molecule has 0 unspecified atom stereocenters. The Morgan fingerprint density at radius 2 is 2.00 bits per heavy atom. The molecule has 3 rings (SSSR count). The predicted molar refractivity (Wildman–Crippen MR) is 95.7 cm³/mol. The Kier molecular flexibility index (Phi) is 5.12. The normalized spacial score (nSPS) is 17.7. The Labute approximate surface area is 148 Å². The molecular weight excluding hydrogens is 314 g/mol. The molecule has 2 amide bonds. The zero-order chi connectivity index (χ0) is 17.8. The lowest BCUT2D eigenvalue weighted by molar-refractivity contribution is -0.150. The molecule has 2 aromatic rings. The number of carbonyl (C=O) groups excluding carboxylic acids is 2. The standard InChI is InChI=1S/C20H23N3O2/c1-15-5-3-6-18(11-15)14-22-9-10-23(16(2)20(22)25)19(24)12-17-7-4-8-21-13-17/h3-8,11,13,16H,9-10,12,14H2,1-2H3/t16-/m1/s1. The van der Waals surface area contributed by atoms with Gasteiger partial charge in [-0.1, -0.05) is 35.9 Å². The van der Waals surface area contributed by atoms with Gasteiger partial charge in [0.1, 0.15) is 6.04 Å². The van der Waals surface area contributed by atoms with Gasteiger partial charge in [-0.15, -0.1) is 0 Å². The minimum atomic E-state index is -0.428. The predicted octanol–water partition coefficient (Wildman–Crippen LogP) is 2.19. The summed E-state index contributed by atoms with van der Waals surface area (Å²) in [6.07, 6.45) is 3.66. The first-order valence-corrected chi connectivity index (χ1v) is 8.57. The van der Waals surface area contributed by atoms with Gasteiger partial charge in [0.25, 0.3) is 0 Å². The van der Waals surface area contributed by atoms with E-state index in [1.807, 2.05) is 49.1 Å². The highest BCUT2D eigenvalue weighted by Crippen LogP contribution is 2.16. The fourth-order valence-electron chi connectivity index (χ4n) is 3.24. The molecule has 1 aromatic carbocycles. The van der Waals surface area contributed by atoms with E-state index in [-0.39, 0.29) is 18.2 Å². The maximum absolute atomic E-state index is 12.7. The van der Waals surface area contributed by atoms with Crippen LogP contribution in [0.5, 0.6) is 0 Å². The van der Waals surface area contributed by atoms with E-state index in [4.69, 9.17) is 0 Å². The average molecular weight is 337 g/mol. The third kappa shape index (κ3) is 4.05. The zero-order valence-electron chi connectivity index (χ0n) is 14.7. The fourth-order valence-corrected chi connectivity index (χ4v) is 3.24. The molecule has 0 spiro atoms. The van der Waals surface area contributed by atoms with E-state index in [9.17, 15) is 9.59 Å². The average Bonchev–Trinajstić information content (AvgIpc) is 2.60. The maximum Gasteiger partial charge on any atom is 0.245 e. The summed E-state index contributed by atoms with van der Waals surface area (Å²) >= 11 is 0. The molecule has 25 heavy (non-hydrogen) atoms. The second-order valence-corrected chi connectivity index (χ2v) is 6.55. The SMILES string of the molecule is Cc1cccc(CN2CCN(C(=O)Cc3cccnc3)[C@H](C)C2=O)c1. The largest absolute Gasteiger partial charge is 0.335 e. The van der Waals surface area contributed by atoms with Crippen molar-refractivity contribution in [3.8, 4) is 0 Å². The van der Waals surface area contributed by atoms with Crippen LogP contribution < -0.4 is 0 Å². The van der Waals surface area contributed by atoms with E-state index in [0.29, 0.717) is 19.6 Å². The zero-order valence-corrected chi connectivity index (χ0v) is 14.7. The number of carbonyl (C=O) groups is 2. The number of amides is 2. The van der Waals surface area contributed by atoms with Gasteiger partial charge in [0.2, 0.25) is 11.8 Å². The second-order valence-electron chi connectivity index (χ2n) is 6.55. The van der Waals surface area contributed by atoms with E-state index in [1.165, 1.54) is 5.56 Å². The van der Waals surface area contributed by atoms with Gasteiger partial charge in [-0.3, -0.25) is 14.6 Å². The Hall–Kier alpha value is -2.69. The number of nitrogens with zero attached hydrogens (tertiary/aromatic N) is 3. The summed E-state index contributed by atoms with van der Waals surface area (Å²) in [5, 5.41) is 0. The van der Waals surface area contributed by atoms with Crippen LogP contribution in [0.1, 0.15) is 23.6 Å². The van der Waals surface area contributed by atoms with Gasteiger partial charge in [-0.25, -0.2) is 0 Å². The first kappa shape index (κ1) is 17.1. The van der Waals surface area contributed by atoms with Crippen LogP contribution in [-0.2, 0) is 22.6 Å². The summed E-state index contributed by atoms with van der Waals surface area (Å²) in [4.78, 5) is 32.8. The van der Waals surface area contributed by atoms with Crippen molar-refractivity contribution in [3.05, 3.63) is 65.5 Å². The number of benzene rings is 1. The molecule has 130 valence electrons. The van der Waals surface area contributed by atoms with Crippen LogP contribution in [0.4, 0.5) is 0 Å². The molecule has 0 bridgehead atoms. The number of hydrogen-bond donors (Lipinski definition) is 0. The van der Waals surface area contributed by atoms with Crippen molar-refractivity contribution in [2.45, 2.75) is 32.9 Å². The molecule has 1 fully saturated rings. The van der Waals surface area contributed by atoms with Crippen molar-refractivity contribution in [2.24, 2.45) is 0 Å². The van der Waals surface area contributed by atoms with Crippen LogP contribution >= 0.6 is 0 Å². The smallest absolute Gasteiger partial charge is 0.245 e. The van der Waals surface area contributed by atoms with Crippen molar-refractivity contribution in [1.82, 2.24) is 14.8 Å². The van der Waals surface area contributed by atoms with E-state index in [1.54, 1.807) is 17.3 Å². The molecule has 1 aliphatic heterocycles. The monoisotopic (exact) mass is 337 g/mol. The second kappa shape index (κ2) is 7.47. The number of rotatable bonds is 4. The third-order valence-electron chi connectivity index (χ3n) is 4.60. The van der Waals surface area contributed by atoms with Crippen molar-refractivity contribution in [3.63, 3.8) is 0 Å². The van der Waals surface area contributed by atoms with Crippen LogP contribution in [-0.4, -0.2) is 45.7 Å². The Balaban J connectivity index is 1.64. The molecule has 1 atom stereocenters. The number of pyridine rings is 1. The van der Waals surface area contributed by atoms with E-state index in [0.717, 1.165) is 11.1 Å². The highest BCUT2D eigenvalue weighted by Gasteiger charge is 2.34. The minimum absolute atomic E-state index is 0.00675. The summed E-state index contributed by atoms with van der Waals surface area (Å²) in [6, 6.07) is 11.4. The van der Waals surface area contributed by atoms with Gasteiger partial charge < -0.3 is 9.80 Å². The van der Waals surface area contributed by atoms with Crippen LogP contribution in [0.3, 0.4) is 0 Å². The Bertz CT molecular complexity index is 761. The minimum Gasteiger partial charge on any atom is -0.335 e. The number of piperazine rings is 1. The van der Waals surface area contributed by atoms with Gasteiger partial charge in [0.05, 0.1) is 6.42 Å². The molecule has 5 heteroatoms. The Morgan fingerprint density at radius 3 is 2.72 bits per heavy atom. The molecule has 1 saturated heterocycles. The molecule has 0 N–H and O–H groups in total. The molecule has 1 aromatic heterocycles. The molecule has 2 heterocycles. The lowest BCUT2D eigenvalue weighted by Crippen LogP contribution is -2.57. The van der Waals surface area contributed by atoms with Gasteiger partial charge in [0, 0.05) is 32.0 Å². The van der Waals surface area contributed by atoms with Crippen molar-refractivity contribution in [2.75, 3.05) is 13.1 Å². The number of aromatic nitrogens is 1. The van der Waals surface area contributed by atoms with Crippen molar-refractivity contribution < 1.29 is 9.59 Å². The summed E-state index contributed by atoms with van der Waals surface area (Å²) in [5.74, 6) is -0.0173. The molecule has 0 radical (unpaired) electrons. The van der Waals surface area contributed by atoms with Crippen molar-refractivity contribution in [1.29, 1.82) is 0 Å². The summed E-state index contributed by atoms with van der Waals surface area (Å²) in [5.41, 5.74) is 3.17. The van der Waals surface area contributed by atoms with E-state index in [2.05, 4.69) is 11.1 Å². The van der Waals surface area contributed by atoms with Gasteiger partial charge in [0.15, 0.2) is 0 Å². The van der Waals surface area contributed by atoms with E-state index < -0.39 is 6.04 Å². The molecular formula is C20H23N3O2.